The number of amides is 1. The van der Waals surface area contributed by atoms with Gasteiger partial charge in [-0.05, 0) is 43.2 Å². The van der Waals surface area contributed by atoms with E-state index in [0.29, 0.717) is 5.56 Å². The van der Waals surface area contributed by atoms with Gasteiger partial charge in [0.05, 0.1) is 7.11 Å². The second-order valence-corrected chi connectivity index (χ2v) is 6.11. The third kappa shape index (κ3) is 4.25. The van der Waals surface area contributed by atoms with E-state index in [1.165, 1.54) is 5.56 Å². The second kappa shape index (κ2) is 7.81. The first-order valence-electron chi connectivity index (χ1n) is 7.96. The highest BCUT2D eigenvalue weighted by Gasteiger charge is 2.18. The van der Waals surface area contributed by atoms with Crippen LogP contribution in [0.5, 0.6) is 5.75 Å². The fraction of sp³-hybridized carbons (Fsp3) is 0.368. The standard InChI is InChI=1S/C19H25N3O2/c1-14(12-15-6-8-17(24-5)9-7-15)22(4)19(23)16-10-11-20-18(13-16)21(2)3/h6-11,13-14H,12H2,1-5H3/t14-/m0/s1. The van der Waals surface area contributed by atoms with E-state index in [-0.39, 0.29) is 11.9 Å². The van der Waals surface area contributed by atoms with Crippen molar-refractivity contribution >= 4 is 11.7 Å². The quantitative estimate of drug-likeness (QED) is 0.818. The van der Waals surface area contributed by atoms with E-state index in [1.54, 1.807) is 24.3 Å². The van der Waals surface area contributed by atoms with Crippen molar-refractivity contribution < 1.29 is 9.53 Å². The van der Waals surface area contributed by atoms with Gasteiger partial charge in [-0.15, -0.1) is 0 Å². The fourth-order valence-electron chi connectivity index (χ4n) is 2.44. The number of likely N-dealkylation sites (N-methyl/N-ethyl adjacent to an activating group) is 1. The number of rotatable bonds is 6. The van der Waals surface area contributed by atoms with E-state index in [4.69, 9.17) is 4.74 Å². The van der Waals surface area contributed by atoms with Crippen molar-refractivity contribution in [3.05, 3.63) is 53.7 Å². The summed E-state index contributed by atoms with van der Waals surface area (Å²) in [6, 6.07) is 11.6. The molecular formula is C19H25N3O2. The Morgan fingerprint density at radius 1 is 1.17 bits per heavy atom. The Morgan fingerprint density at radius 3 is 2.42 bits per heavy atom. The molecule has 0 radical (unpaired) electrons. The molecule has 0 fully saturated rings. The lowest BCUT2D eigenvalue weighted by Gasteiger charge is -2.25. The minimum absolute atomic E-state index is 0.00140. The van der Waals surface area contributed by atoms with Crippen LogP contribution in [0, 0.1) is 0 Å². The molecule has 0 aliphatic carbocycles. The van der Waals surface area contributed by atoms with E-state index in [9.17, 15) is 4.79 Å². The number of hydrogen-bond donors (Lipinski definition) is 0. The van der Waals surface area contributed by atoms with Crippen LogP contribution in [0.2, 0.25) is 0 Å². The van der Waals surface area contributed by atoms with Crippen molar-refractivity contribution in [1.82, 2.24) is 9.88 Å². The zero-order chi connectivity index (χ0) is 17.7. The van der Waals surface area contributed by atoms with Crippen LogP contribution in [0.25, 0.3) is 0 Å². The lowest BCUT2D eigenvalue weighted by atomic mass is 10.1. The second-order valence-electron chi connectivity index (χ2n) is 6.11. The van der Waals surface area contributed by atoms with Crippen LogP contribution in [0.1, 0.15) is 22.8 Å². The van der Waals surface area contributed by atoms with Crippen LogP contribution < -0.4 is 9.64 Å². The molecular weight excluding hydrogens is 302 g/mol. The Morgan fingerprint density at radius 2 is 1.83 bits per heavy atom. The van der Waals surface area contributed by atoms with E-state index >= 15 is 0 Å². The molecule has 0 saturated heterocycles. The van der Waals surface area contributed by atoms with Gasteiger partial charge in [0.2, 0.25) is 0 Å². The van der Waals surface area contributed by atoms with E-state index < -0.39 is 0 Å². The fourth-order valence-corrected chi connectivity index (χ4v) is 2.44. The average molecular weight is 327 g/mol. The molecule has 0 aliphatic heterocycles. The molecule has 0 N–H and O–H groups in total. The minimum atomic E-state index is 0.00140. The number of aromatic nitrogens is 1. The minimum Gasteiger partial charge on any atom is -0.497 e. The largest absolute Gasteiger partial charge is 0.497 e. The zero-order valence-electron chi connectivity index (χ0n) is 15.0. The molecule has 1 amide bonds. The Bertz CT molecular complexity index is 683. The van der Waals surface area contributed by atoms with E-state index in [1.807, 2.05) is 56.4 Å². The summed E-state index contributed by atoms with van der Waals surface area (Å²) in [7, 11) is 7.31. The molecule has 1 heterocycles. The third-order valence-corrected chi connectivity index (χ3v) is 4.12. The van der Waals surface area contributed by atoms with Gasteiger partial charge in [0, 0.05) is 38.9 Å². The number of hydrogen-bond acceptors (Lipinski definition) is 4. The first kappa shape index (κ1) is 17.8. The molecule has 24 heavy (non-hydrogen) atoms. The van der Waals surface area contributed by atoms with Crippen molar-refractivity contribution in [2.45, 2.75) is 19.4 Å². The highest BCUT2D eigenvalue weighted by molar-refractivity contribution is 5.94. The predicted molar refractivity (Wildman–Crippen MR) is 96.8 cm³/mol. The van der Waals surface area contributed by atoms with Crippen LogP contribution in [0.15, 0.2) is 42.6 Å². The van der Waals surface area contributed by atoms with Gasteiger partial charge >= 0.3 is 0 Å². The first-order chi connectivity index (χ1) is 11.4. The summed E-state index contributed by atoms with van der Waals surface area (Å²) in [5.74, 6) is 1.61. The van der Waals surface area contributed by atoms with Crippen LogP contribution in [-0.4, -0.2) is 50.1 Å². The van der Waals surface area contributed by atoms with Gasteiger partial charge in [-0.25, -0.2) is 4.98 Å². The zero-order valence-corrected chi connectivity index (χ0v) is 15.0. The Labute approximate surface area is 143 Å². The number of ether oxygens (including phenoxy) is 1. The predicted octanol–water partition coefficient (Wildman–Crippen LogP) is 2.86. The molecule has 128 valence electrons. The van der Waals surface area contributed by atoms with Crippen molar-refractivity contribution in [2.75, 3.05) is 33.2 Å². The molecule has 2 aromatic rings. The lowest BCUT2D eigenvalue weighted by Crippen LogP contribution is -2.36. The molecule has 1 atom stereocenters. The average Bonchev–Trinajstić information content (AvgIpc) is 2.61. The number of nitrogens with zero attached hydrogens (tertiary/aromatic N) is 3. The Hall–Kier alpha value is -2.56. The number of anilines is 1. The molecule has 5 heteroatoms. The summed E-state index contributed by atoms with van der Waals surface area (Å²) in [5.41, 5.74) is 1.82. The van der Waals surface area contributed by atoms with Crippen molar-refractivity contribution in [2.24, 2.45) is 0 Å². The number of methoxy groups -OCH3 is 1. The van der Waals surface area contributed by atoms with E-state index in [0.717, 1.165) is 18.0 Å². The van der Waals surface area contributed by atoms with Crippen molar-refractivity contribution in [3.63, 3.8) is 0 Å². The molecule has 5 nitrogen and oxygen atoms in total. The maximum atomic E-state index is 12.7. The van der Waals surface area contributed by atoms with Gasteiger partial charge in [-0.1, -0.05) is 12.1 Å². The molecule has 2 rings (SSSR count). The van der Waals surface area contributed by atoms with Gasteiger partial charge in [0.25, 0.3) is 5.91 Å². The Balaban J connectivity index is 2.07. The van der Waals surface area contributed by atoms with Gasteiger partial charge in [0.15, 0.2) is 0 Å². The maximum Gasteiger partial charge on any atom is 0.254 e. The van der Waals surface area contributed by atoms with Gasteiger partial charge < -0.3 is 14.5 Å². The third-order valence-electron chi connectivity index (χ3n) is 4.12. The van der Waals surface area contributed by atoms with Crippen LogP contribution in [0.4, 0.5) is 5.82 Å². The van der Waals surface area contributed by atoms with Crippen molar-refractivity contribution in [1.29, 1.82) is 0 Å². The van der Waals surface area contributed by atoms with Crippen molar-refractivity contribution in [3.8, 4) is 5.75 Å². The highest BCUT2D eigenvalue weighted by atomic mass is 16.5. The number of benzene rings is 1. The highest BCUT2D eigenvalue weighted by Crippen LogP contribution is 2.16. The topological polar surface area (TPSA) is 45.7 Å². The summed E-state index contributed by atoms with van der Waals surface area (Å²) in [4.78, 5) is 20.6. The molecule has 0 spiro atoms. The molecule has 0 bridgehead atoms. The molecule has 1 aromatic heterocycles. The smallest absolute Gasteiger partial charge is 0.254 e. The summed E-state index contributed by atoms with van der Waals surface area (Å²) < 4.78 is 5.17. The molecule has 1 aromatic carbocycles. The number of carbonyl (C=O) groups excluding carboxylic acids is 1. The van der Waals surface area contributed by atoms with Gasteiger partial charge in [-0.3, -0.25) is 4.79 Å². The molecule has 0 unspecified atom stereocenters. The number of pyridine rings is 1. The first-order valence-corrected chi connectivity index (χ1v) is 7.96. The molecule has 0 aliphatic rings. The summed E-state index contributed by atoms with van der Waals surface area (Å²) in [5, 5.41) is 0. The monoisotopic (exact) mass is 327 g/mol. The molecule has 0 saturated carbocycles. The van der Waals surface area contributed by atoms with E-state index in [2.05, 4.69) is 11.9 Å². The summed E-state index contributed by atoms with van der Waals surface area (Å²) in [6.07, 6.45) is 2.46. The van der Waals surface area contributed by atoms with Gasteiger partial charge in [-0.2, -0.15) is 0 Å². The van der Waals surface area contributed by atoms with Crippen LogP contribution in [-0.2, 0) is 6.42 Å². The summed E-state index contributed by atoms with van der Waals surface area (Å²) >= 11 is 0. The van der Waals surface area contributed by atoms with Crippen LogP contribution >= 0.6 is 0 Å². The maximum absolute atomic E-state index is 12.7. The number of carbonyl (C=O) groups is 1. The SMILES string of the molecule is COc1ccc(C[C@H](C)N(C)C(=O)c2ccnc(N(C)C)c2)cc1. The lowest BCUT2D eigenvalue weighted by molar-refractivity contribution is 0.0743. The summed E-state index contributed by atoms with van der Waals surface area (Å²) in [6.45, 7) is 2.05. The van der Waals surface area contributed by atoms with Gasteiger partial charge in [0.1, 0.15) is 11.6 Å². The normalized spacial score (nSPS) is 11.7. The Kier molecular flexibility index (Phi) is 5.79. The van der Waals surface area contributed by atoms with Crippen LogP contribution in [0.3, 0.4) is 0 Å².